The molecule has 1 aromatic rings. The number of hydrogen-bond acceptors (Lipinski definition) is 5. The van der Waals surface area contributed by atoms with Gasteiger partial charge in [0.25, 0.3) is 0 Å². The zero-order valence-corrected chi connectivity index (χ0v) is 19.7. The molecule has 5 fully saturated rings. The molecule has 2 heterocycles. The molecule has 180 valence electrons. The molecule has 1 saturated heterocycles. The van der Waals surface area contributed by atoms with E-state index in [2.05, 4.69) is 20.1 Å². The SMILES string of the molecule is CC(C)(C(=O)NC1C2CC3CC1CC(C(N)=O)(C3)C2)N1CCCN(c2cncc(F)c2)CC1. The van der Waals surface area contributed by atoms with Crippen LogP contribution in [-0.2, 0) is 9.59 Å². The van der Waals surface area contributed by atoms with Gasteiger partial charge in [0, 0.05) is 43.7 Å². The molecule has 0 spiro atoms. The van der Waals surface area contributed by atoms with Crippen molar-refractivity contribution in [2.45, 2.75) is 64.0 Å². The van der Waals surface area contributed by atoms with Crippen LogP contribution in [0.25, 0.3) is 0 Å². The van der Waals surface area contributed by atoms with E-state index in [1.165, 1.54) is 12.3 Å². The molecule has 2 unspecified atom stereocenters. The van der Waals surface area contributed by atoms with Crippen molar-refractivity contribution in [1.82, 2.24) is 15.2 Å². The van der Waals surface area contributed by atoms with Crippen molar-refractivity contribution in [3.8, 4) is 0 Å². The third-order valence-corrected chi connectivity index (χ3v) is 8.99. The van der Waals surface area contributed by atoms with Crippen molar-refractivity contribution in [3.05, 3.63) is 24.3 Å². The number of anilines is 1. The minimum Gasteiger partial charge on any atom is -0.369 e. The second kappa shape index (κ2) is 8.22. The summed E-state index contributed by atoms with van der Waals surface area (Å²) in [6, 6.07) is 1.66. The Morgan fingerprint density at radius 2 is 1.85 bits per heavy atom. The molecule has 0 radical (unpaired) electrons. The first-order chi connectivity index (χ1) is 15.7. The number of pyridine rings is 1. The van der Waals surface area contributed by atoms with Crippen molar-refractivity contribution in [1.29, 1.82) is 0 Å². The maximum Gasteiger partial charge on any atom is 0.240 e. The molecule has 7 nitrogen and oxygen atoms in total. The smallest absolute Gasteiger partial charge is 0.240 e. The van der Waals surface area contributed by atoms with E-state index >= 15 is 0 Å². The fourth-order valence-electron chi connectivity index (χ4n) is 7.34. The molecular formula is C25H36FN5O2. The zero-order valence-electron chi connectivity index (χ0n) is 19.7. The van der Waals surface area contributed by atoms with Crippen molar-refractivity contribution in [2.24, 2.45) is 28.9 Å². The number of hydrogen-bond donors (Lipinski definition) is 2. The van der Waals surface area contributed by atoms with Gasteiger partial charge in [0.1, 0.15) is 5.82 Å². The Morgan fingerprint density at radius 1 is 1.12 bits per heavy atom. The number of rotatable bonds is 5. The maximum absolute atomic E-state index is 13.6. The van der Waals surface area contributed by atoms with Gasteiger partial charge in [-0.25, -0.2) is 4.39 Å². The van der Waals surface area contributed by atoms with Crippen LogP contribution in [0.1, 0.15) is 52.4 Å². The molecule has 2 amide bonds. The first-order valence-corrected chi connectivity index (χ1v) is 12.4. The number of amides is 2. The quantitative estimate of drug-likeness (QED) is 0.708. The minimum absolute atomic E-state index is 0.0639. The van der Waals surface area contributed by atoms with Crippen LogP contribution in [-0.4, -0.2) is 59.5 Å². The fraction of sp³-hybridized carbons (Fsp3) is 0.720. The van der Waals surface area contributed by atoms with Crippen molar-refractivity contribution in [2.75, 3.05) is 31.1 Å². The van der Waals surface area contributed by atoms with Gasteiger partial charge in [0.2, 0.25) is 11.8 Å². The van der Waals surface area contributed by atoms with Crippen molar-refractivity contribution >= 4 is 17.5 Å². The summed E-state index contributed by atoms with van der Waals surface area (Å²) >= 11 is 0. The van der Waals surface area contributed by atoms with Gasteiger partial charge < -0.3 is 16.0 Å². The van der Waals surface area contributed by atoms with Crippen molar-refractivity contribution in [3.63, 3.8) is 0 Å². The number of halogens is 1. The molecule has 2 atom stereocenters. The Bertz CT molecular complexity index is 921. The summed E-state index contributed by atoms with van der Waals surface area (Å²) in [6.45, 7) is 7.07. The Kier molecular flexibility index (Phi) is 5.62. The molecule has 8 heteroatoms. The van der Waals surface area contributed by atoms with Crippen LogP contribution in [0.5, 0.6) is 0 Å². The lowest BCUT2D eigenvalue weighted by Crippen LogP contribution is -2.65. The van der Waals surface area contributed by atoms with E-state index in [1.807, 2.05) is 13.8 Å². The van der Waals surface area contributed by atoms with Gasteiger partial charge in [0.15, 0.2) is 0 Å². The van der Waals surface area contributed by atoms with Crippen LogP contribution in [0.3, 0.4) is 0 Å². The topological polar surface area (TPSA) is 91.6 Å². The van der Waals surface area contributed by atoms with Gasteiger partial charge >= 0.3 is 0 Å². The van der Waals surface area contributed by atoms with Crippen LogP contribution < -0.4 is 16.0 Å². The summed E-state index contributed by atoms with van der Waals surface area (Å²) in [5, 5.41) is 3.42. The molecule has 0 aromatic carbocycles. The maximum atomic E-state index is 13.6. The van der Waals surface area contributed by atoms with E-state index in [9.17, 15) is 14.0 Å². The lowest BCUT2D eigenvalue weighted by molar-refractivity contribution is -0.149. The monoisotopic (exact) mass is 457 g/mol. The highest BCUT2D eigenvalue weighted by molar-refractivity contribution is 5.86. The number of nitrogens with one attached hydrogen (secondary N) is 1. The normalized spacial score (nSPS) is 34.2. The molecule has 1 aromatic heterocycles. The molecule has 4 bridgehead atoms. The summed E-state index contributed by atoms with van der Waals surface area (Å²) in [5.74, 6) is 0.864. The second-order valence-corrected chi connectivity index (χ2v) is 11.4. The van der Waals surface area contributed by atoms with Crippen LogP contribution in [0.2, 0.25) is 0 Å². The summed E-state index contributed by atoms with van der Waals surface area (Å²) in [6.07, 6.45) is 8.58. The number of primary amides is 1. The van der Waals surface area contributed by atoms with E-state index in [0.717, 1.165) is 70.4 Å². The molecule has 4 aliphatic carbocycles. The number of carbonyl (C=O) groups excluding carboxylic acids is 2. The highest BCUT2D eigenvalue weighted by Gasteiger charge is 2.58. The minimum atomic E-state index is -0.647. The first-order valence-electron chi connectivity index (χ1n) is 12.4. The number of carbonyl (C=O) groups is 2. The average Bonchev–Trinajstić information content (AvgIpc) is 3.02. The van der Waals surface area contributed by atoms with Crippen LogP contribution in [0, 0.1) is 29.0 Å². The van der Waals surface area contributed by atoms with E-state index in [0.29, 0.717) is 17.8 Å². The molecule has 5 aliphatic rings. The molecule has 4 saturated carbocycles. The lowest BCUT2D eigenvalue weighted by atomic mass is 9.47. The largest absolute Gasteiger partial charge is 0.369 e. The second-order valence-electron chi connectivity index (χ2n) is 11.4. The molecule has 33 heavy (non-hydrogen) atoms. The third-order valence-electron chi connectivity index (χ3n) is 8.99. The van der Waals surface area contributed by atoms with Gasteiger partial charge in [-0.05, 0) is 70.1 Å². The van der Waals surface area contributed by atoms with Gasteiger partial charge in [0.05, 0.1) is 23.6 Å². The molecule has 3 N–H and O–H groups in total. The molecule has 6 rings (SSSR count). The average molecular weight is 458 g/mol. The van der Waals surface area contributed by atoms with Crippen LogP contribution in [0.4, 0.5) is 10.1 Å². The number of aromatic nitrogens is 1. The van der Waals surface area contributed by atoms with Gasteiger partial charge in [-0.2, -0.15) is 0 Å². The summed E-state index contributed by atoms with van der Waals surface area (Å²) < 4.78 is 13.6. The van der Waals surface area contributed by atoms with Crippen LogP contribution >= 0.6 is 0 Å². The van der Waals surface area contributed by atoms with Crippen molar-refractivity contribution < 1.29 is 14.0 Å². The van der Waals surface area contributed by atoms with Gasteiger partial charge in [-0.3, -0.25) is 19.5 Å². The fourth-order valence-corrected chi connectivity index (χ4v) is 7.34. The Balaban J connectivity index is 1.24. The van der Waals surface area contributed by atoms with Gasteiger partial charge in [-0.1, -0.05) is 0 Å². The highest BCUT2D eigenvalue weighted by atomic mass is 19.1. The Hall–Kier alpha value is -2.22. The van der Waals surface area contributed by atoms with Gasteiger partial charge in [-0.15, -0.1) is 0 Å². The lowest BCUT2D eigenvalue weighted by Gasteiger charge is -2.59. The predicted molar refractivity (Wildman–Crippen MR) is 124 cm³/mol. The van der Waals surface area contributed by atoms with E-state index in [-0.39, 0.29) is 29.1 Å². The molecular weight excluding hydrogens is 421 g/mol. The summed E-state index contributed by atoms with van der Waals surface area (Å²) in [5.41, 5.74) is 5.62. The predicted octanol–water partition coefficient (Wildman–Crippen LogP) is 2.31. The van der Waals surface area contributed by atoms with E-state index in [4.69, 9.17) is 5.73 Å². The Morgan fingerprint density at radius 3 is 2.52 bits per heavy atom. The third kappa shape index (κ3) is 4.00. The highest BCUT2D eigenvalue weighted by Crippen LogP contribution is 2.60. The van der Waals surface area contributed by atoms with E-state index < -0.39 is 5.54 Å². The van der Waals surface area contributed by atoms with E-state index in [1.54, 1.807) is 6.20 Å². The number of nitrogens with zero attached hydrogens (tertiary/aromatic N) is 3. The molecule has 1 aliphatic heterocycles. The number of nitrogens with two attached hydrogens (primary N) is 1. The standard InChI is InChI=1S/C25H36FN5O2/c1-24(2,31-5-3-4-30(6-7-31)20-10-19(26)14-28-15-20)23(33)29-21-17-8-16-9-18(21)13-25(11-16,12-17)22(27)32/h10,14-18,21H,3-9,11-13H2,1-2H3,(H2,27,32)(H,29,33). The first kappa shape index (κ1) is 22.6. The van der Waals surface area contributed by atoms with Crippen LogP contribution in [0.15, 0.2) is 18.5 Å². The zero-order chi connectivity index (χ0) is 23.4. The summed E-state index contributed by atoms with van der Waals surface area (Å²) in [7, 11) is 0. The summed E-state index contributed by atoms with van der Waals surface area (Å²) in [4.78, 5) is 34.2. The Labute approximate surface area is 195 Å².